The summed E-state index contributed by atoms with van der Waals surface area (Å²) in [5.41, 5.74) is 1.34. The molecule has 0 saturated carbocycles. The first-order valence-electron chi connectivity index (χ1n) is 8.22. The Morgan fingerprint density at radius 3 is 2.52 bits per heavy atom. The summed E-state index contributed by atoms with van der Waals surface area (Å²) < 4.78 is 0. The van der Waals surface area contributed by atoms with Crippen LogP contribution in [0, 0.1) is 0 Å². The molecule has 2 aliphatic rings. The van der Waals surface area contributed by atoms with E-state index >= 15 is 0 Å². The lowest BCUT2D eigenvalue weighted by molar-refractivity contribution is -0.141. The van der Waals surface area contributed by atoms with E-state index in [1.807, 2.05) is 0 Å². The second kappa shape index (κ2) is 6.92. The summed E-state index contributed by atoms with van der Waals surface area (Å²) in [4.78, 5) is 51.3. The van der Waals surface area contributed by atoms with Crippen molar-refractivity contribution in [3.05, 3.63) is 29.8 Å². The van der Waals surface area contributed by atoms with Crippen LogP contribution >= 0.6 is 0 Å². The molecule has 3 rings (SSSR count). The minimum atomic E-state index is -0.933. The molecule has 1 atom stereocenters. The molecule has 1 fully saturated rings. The van der Waals surface area contributed by atoms with Crippen LogP contribution in [0.25, 0.3) is 0 Å². The summed E-state index contributed by atoms with van der Waals surface area (Å²) in [6.45, 7) is 1.14. The maximum atomic E-state index is 12.3. The van der Waals surface area contributed by atoms with Crippen molar-refractivity contribution in [1.82, 2.24) is 15.5 Å². The number of anilines is 1. The Kier molecular flexibility index (Phi) is 4.69. The number of likely N-dealkylation sites (N-methyl/N-ethyl adjacent to an activating group) is 1. The first kappa shape index (κ1) is 16.9. The maximum absolute atomic E-state index is 12.3. The van der Waals surface area contributed by atoms with Gasteiger partial charge < -0.3 is 20.4 Å². The van der Waals surface area contributed by atoms with Crippen LogP contribution in [-0.4, -0.2) is 55.2 Å². The van der Waals surface area contributed by atoms with Gasteiger partial charge in [0.15, 0.2) is 0 Å². The Balaban J connectivity index is 1.57. The number of carbonyl (C=O) groups excluding carboxylic acids is 4. The molecular weight excluding hydrogens is 324 g/mol. The van der Waals surface area contributed by atoms with E-state index in [0.717, 1.165) is 12.8 Å². The van der Waals surface area contributed by atoms with E-state index in [2.05, 4.69) is 10.6 Å². The van der Waals surface area contributed by atoms with Crippen LogP contribution in [0.5, 0.6) is 0 Å². The number of para-hydroxylation sites is 1. The van der Waals surface area contributed by atoms with Gasteiger partial charge in [0.2, 0.25) is 5.91 Å². The summed E-state index contributed by atoms with van der Waals surface area (Å²) in [6, 6.07) is 6.17. The van der Waals surface area contributed by atoms with Gasteiger partial charge in [0.1, 0.15) is 6.04 Å². The van der Waals surface area contributed by atoms with Gasteiger partial charge in [-0.1, -0.05) is 18.2 Å². The average molecular weight is 344 g/mol. The number of carbonyl (C=O) groups is 4. The van der Waals surface area contributed by atoms with Crippen molar-refractivity contribution >= 4 is 29.3 Å². The molecule has 0 bridgehead atoms. The molecular formula is C17H20N4O4. The number of rotatable bonds is 3. The molecule has 8 heteroatoms. The number of nitrogens with one attached hydrogen (secondary N) is 2. The molecule has 0 aliphatic carbocycles. The molecule has 1 aromatic rings. The maximum Gasteiger partial charge on any atom is 0.310 e. The van der Waals surface area contributed by atoms with Crippen LogP contribution in [-0.2, 0) is 19.2 Å². The molecule has 1 saturated heterocycles. The summed E-state index contributed by atoms with van der Waals surface area (Å²) in [7, 11) is 1.61. The normalized spacial score (nSPS) is 18.9. The molecule has 2 heterocycles. The van der Waals surface area contributed by atoms with Gasteiger partial charge in [-0.2, -0.15) is 0 Å². The summed E-state index contributed by atoms with van der Waals surface area (Å²) >= 11 is 0. The fourth-order valence-electron chi connectivity index (χ4n) is 3.13. The van der Waals surface area contributed by atoms with Crippen LogP contribution in [0.3, 0.4) is 0 Å². The Morgan fingerprint density at radius 2 is 1.80 bits per heavy atom. The molecule has 2 aliphatic heterocycles. The lowest BCUT2D eigenvalue weighted by Gasteiger charge is -2.16. The van der Waals surface area contributed by atoms with E-state index in [4.69, 9.17) is 0 Å². The second-order valence-electron chi connectivity index (χ2n) is 6.13. The predicted octanol–water partition coefficient (Wildman–Crippen LogP) is -0.441. The number of hydrogen-bond acceptors (Lipinski definition) is 4. The topological polar surface area (TPSA) is 98.8 Å². The van der Waals surface area contributed by atoms with Gasteiger partial charge in [-0.05, 0) is 18.9 Å². The van der Waals surface area contributed by atoms with Crippen LogP contribution in [0.4, 0.5) is 5.69 Å². The number of benzene rings is 1. The molecule has 0 aromatic heterocycles. The number of hydrogen-bond donors (Lipinski definition) is 2. The zero-order valence-corrected chi connectivity index (χ0v) is 13.9. The highest BCUT2D eigenvalue weighted by atomic mass is 16.2. The van der Waals surface area contributed by atoms with Gasteiger partial charge in [-0.25, -0.2) is 0 Å². The van der Waals surface area contributed by atoms with Crippen LogP contribution in [0.1, 0.15) is 24.4 Å². The zero-order chi connectivity index (χ0) is 18.0. The Hall–Kier alpha value is -2.90. The van der Waals surface area contributed by atoms with E-state index in [1.165, 1.54) is 4.90 Å². The minimum absolute atomic E-state index is 0.208. The quantitative estimate of drug-likeness (QED) is 0.726. The molecule has 132 valence electrons. The molecule has 8 nitrogen and oxygen atoms in total. The number of amides is 4. The van der Waals surface area contributed by atoms with E-state index < -0.39 is 17.9 Å². The van der Waals surface area contributed by atoms with Gasteiger partial charge in [-0.15, -0.1) is 0 Å². The Labute approximate surface area is 145 Å². The number of fused-ring (bicyclic) bond motifs is 1. The SMILES string of the molecule is CN1C(=O)[C@H](NC(=O)C(=O)NCC(=O)N2CCCC2)c2ccccc21. The third-order valence-electron chi connectivity index (χ3n) is 4.53. The summed E-state index contributed by atoms with van der Waals surface area (Å²) in [6.07, 6.45) is 1.91. The zero-order valence-electron chi connectivity index (χ0n) is 13.9. The lowest BCUT2D eigenvalue weighted by atomic mass is 10.1. The fraction of sp³-hybridized carbons (Fsp3) is 0.412. The van der Waals surface area contributed by atoms with Crippen LogP contribution in [0.15, 0.2) is 24.3 Å². The molecule has 0 radical (unpaired) electrons. The van der Waals surface area contributed by atoms with Crippen molar-refractivity contribution < 1.29 is 19.2 Å². The third-order valence-corrected chi connectivity index (χ3v) is 4.53. The molecule has 25 heavy (non-hydrogen) atoms. The summed E-state index contributed by atoms with van der Waals surface area (Å²) in [5, 5.41) is 4.76. The number of likely N-dealkylation sites (tertiary alicyclic amines) is 1. The van der Waals surface area contributed by atoms with Crippen molar-refractivity contribution in [3.63, 3.8) is 0 Å². The molecule has 4 amide bonds. The van der Waals surface area contributed by atoms with Crippen molar-refractivity contribution in [2.75, 3.05) is 31.6 Å². The number of nitrogens with zero attached hydrogens (tertiary/aromatic N) is 2. The molecule has 0 spiro atoms. The Morgan fingerprint density at radius 1 is 1.12 bits per heavy atom. The highest BCUT2D eigenvalue weighted by Gasteiger charge is 2.36. The van der Waals surface area contributed by atoms with Crippen molar-refractivity contribution in [2.24, 2.45) is 0 Å². The van der Waals surface area contributed by atoms with Gasteiger partial charge in [-0.3, -0.25) is 19.2 Å². The average Bonchev–Trinajstić information content (AvgIpc) is 3.23. The first-order valence-corrected chi connectivity index (χ1v) is 8.22. The largest absolute Gasteiger partial charge is 0.341 e. The predicted molar refractivity (Wildman–Crippen MR) is 89.6 cm³/mol. The van der Waals surface area contributed by atoms with E-state index in [0.29, 0.717) is 24.3 Å². The van der Waals surface area contributed by atoms with Crippen LogP contribution < -0.4 is 15.5 Å². The Bertz CT molecular complexity index is 727. The van der Waals surface area contributed by atoms with Crippen molar-refractivity contribution in [3.8, 4) is 0 Å². The highest BCUT2D eigenvalue weighted by molar-refractivity contribution is 6.36. The molecule has 1 aromatic carbocycles. The van der Waals surface area contributed by atoms with Crippen LogP contribution in [0.2, 0.25) is 0 Å². The third kappa shape index (κ3) is 3.33. The van der Waals surface area contributed by atoms with E-state index in [-0.39, 0.29) is 18.4 Å². The van der Waals surface area contributed by atoms with Crippen molar-refractivity contribution in [2.45, 2.75) is 18.9 Å². The standard InChI is InChI=1S/C17H20N4O4/c1-20-12-7-3-2-6-11(12)14(17(20)25)19-16(24)15(23)18-10-13(22)21-8-4-5-9-21/h2-3,6-7,14H,4-5,8-10H2,1H3,(H,18,23)(H,19,24)/t14-/m1/s1. The van der Waals surface area contributed by atoms with Gasteiger partial charge in [0.25, 0.3) is 5.91 Å². The monoisotopic (exact) mass is 344 g/mol. The smallest absolute Gasteiger partial charge is 0.310 e. The fourth-order valence-corrected chi connectivity index (χ4v) is 3.13. The van der Waals surface area contributed by atoms with Gasteiger partial charge >= 0.3 is 11.8 Å². The minimum Gasteiger partial charge on any atom is -0.341 e. The summed E-state index contributed by atoms with van der Waals surface area (Å²) in [5.74, 6) is -2.37. The highest BCUT2D eigenvalue weighted by Crippen LogP contribution is 2.34. The van der Waals surface area contributed by atoms with Gasteiger partial charge in [0.05, 0.1) is 6.54 Å². The van der Waals surface area contributed by atoms with E-state index in [9.17, 15) is 19.2 Å². The van der Waals surface area contributed by atoms with Gasteiger partial charge in [0, 0.05) is 31.4 Å². The van der Waals surface area contributed by atoms with Crippen molar-refractivity contribution in [1.29, 1.82) is 0 Å². The second-order valence-corrected chi connectivity index (χ2v) is 6.13. The first-order chi connectivity index (χ1) is 12.0. The molecule has 0 unspecified atom stereocenters. The molecule has 2 N–H and O–H groups in total. The lowest BCUT2D eigenvalue weighted by Crippen LogP contribution is -2.47. The van der Waals surface area contributed by atoms with E-state index in [1.54, 1.807) is 36.2 Å².